The molecule has 0 radical (unpaired) electrons. The molecular weight excluding hydrogens is 448 g/mol. The fraction of sp³-hybridized carbons (Fsp3) is 0.429. The first-order chi connectivity index (χ1) is 16.2. The first kappa shape index (κ1) is 23.2. The van der Waals surface area contributed by atoms with Gasteiger partial charge in [-0.3, -0.25) is 0 Å². The number of anilines is 1. The van der Waals surface area contributed by atoms with Crippen molar-refractivity contribution in [2.45, 2.75) is 70.6 Å². The van der Waals surface area contributed by atoms with E-state index in [1.54, 1.807) is 6.07 Å². The first-order valence-electron chi connectivity index (χ1n) is 12.2. The summed E-state index contributed by atoms with van der Waals surface area (Å²) in [5, 5.41) is 8.90. The molecule has 3 nitrogen and oxygen atoms in total. The smallest absolute Gasteiger partial charge is 0.160 e. The SMILES string of the molecule is CC(=S)C1(C)CC(c2c(C3CCCCC3)n(-c3ccc(F)c(F)c3)c3cc(C=N)c(N)cc23)C1. The van der Waals surface area contributed by atoms with Gasteiger partial charge in [-0.2, -0.15) is 0 Å². The normalized spacial score (nSPS) is 23.1. The maximum absolute atomic E-state index is 14.4. The Hall–Kier alpha value is -2.60. The largest absolute Gasteiger partial charge is 0.398 e. The van der Waals surface area contributed by atoms with Crippen molar-refractivity contribution in [2.24, 2.45) is 5.41 Å². The van der Waals surface area contributed by atoms with E-state index in [0.29, 0.717) is 28.8 Å². The molecule has 178 valence electrons. The molecule has 5 rings (SSSR count). The van der Waals surface area contributed by atoms with Crippen LogP contribution in [0.1, 0.15) is 87.4 Å². The van der Waals surface area contributed by atoms with E-state index in [0.717, 1.165) is 41.5 Å². The number of thiocarbonyl (C=S) groups is 1. The third-order valence-electron chi connectivity index (χ3n) is 8.21. The first-order valence-corrected chi connectivity index (χ1v) is 12.6. The minimum Gasteiger partial charge on any atom is -0.398 e. The number of fused-ring (bicyclic) bond motifs is 1. The lowest BCUT2D eigenvalue weighted by Gasteiger charge is -2.46. The number of nitrogens with one attached hydrogen (secondary N) is 1. The van der Waals surface area contributed by atoms with Crippen LogP contribution in [0.25, 0.3) is 16.6 Å². The van der Waals surface area contributed by atoms with Gasteiger partial charge in [0.2, 0.25) is 0 Å². The number of benzene rings is 2. The highest BCUT2D eigenvalue weighted by Gasteiger charge is 2.45. The molecule has 3 aromatic rings. The number of nitrogens with zero attached hydrogens (tertiary/aromatic N) is 1. The molecule has 1 aromatic heterocycles. The topological polar surface area (TPSA) is 54.8 Å². The van der Waals surface area contributed by atoms with Gasteiger partial charge in [-0.15, -0.1) is 0 Å². The summed E-state index contributed by atoms with van der Waals surface area (Å²) in [6.45, 7) is 4.27. The fourth-order valence-corrected chi connectivity index (χ4v) is 6.33. The van der Waals surface area contributed by atoms with E-state index in [1.165, 1.54) is 48.9 Å². The number of rotatable bonds is 5. The van der Waals surface area contributed by atoms with E-state index in [9.17, 15) is 8.78 Å². The zero-order valence-corrected chi connectivity index (χ0v) is 20.6. The average Bonchev–Trinajstić information content (AvgIpc) is 3.12. The van der Waals surface area contributed by atoms with Crippen molar-refractivity contribution in [3.05, 3.63) is 58.8 Å². The quantitative estimate of drug-likeness (QED) is 0.223. The second kappa shape index (κ2) is 8.56. The molecule has 0 amide bonds. The Morgan fingerprint density at radius 3 is 2.41 bits per heavy atom. The standard InChI is InChI=1S/C28H31F2N3S/c1-16(34)28(2)13-19(14-28)26-21-12-24(32)18(15-31)10-25(21)33(20-8-9-22(29)23(30)11-20)27(26)17-6-4-3-5-7-17/h8-12,15,17,19,31H,3-7,13-14,32H2,1-2H3. The molecule has 6 heteroatoms. The lowest BCUT2D eigenvalue weighted by Crippen LogP contribution is -2.38. The molecule has 2 aliphatic carbocycles. The average molecular weight is 480 g/mol. The van der Waals surface area contributed by atoms with Gasteiger partial charge in [0, 0.05) is 40.3 Å². The summed E-state index contributed by atoms with van der Waals surface area (Å²) < 4.78 is 30.4. The number of hydrogen-bond acceptors (Lipinski definition) is 3. The highest BCUT2D eigenvalue weighted by atomic mass is 32.1. The molecule has 0 saturated heterocycles. The van der Waals surface area contributed by atoms with E-state index < -0.39 is 11.6 Å². The Balaban J connectivity index is 1.81. The van der Waals surface area contributed by atoms with Crippen LogP contribution < -0.4 is 5.73 Å². The van der Waals surface area contributed by atoms with E-state index in [-0.39, 0.29) is 5.41 Å². The van der Waals surface area contributed by atoms with Crippen molar-refractivity contribution in [3.8, 4) is 5.69 Å². The second-order valence-electron chi connectivity index (χ2n) is 10.4. The maximum Gasteiger partial charge on any atom is 0.160 e. The maximum atomic E-state index is 14.4. The summed E-state index contributed by atoms with van der Waals surface area (Å²) in [5.41, 5.74) is 11.6. The van der Waals surface area contributed by atoms with Crippen LogP contribution in [-0.4, -0.2) is 15.6 Å². The van der Waals surface area contributed by atoms with E-state index in [2.05, 4.69) is 11.5 Å². The Morgan fingerprint density at radius 1 is 1.09 bits per heavy atom. The van der Waals surface area contributed by atoms with Crippen molar-refractivity contribution in [1.82, 2.24) is 4.57 Å². The molecule has 34 heavy (non-hydrogen) atoms. The number of aromatic nitrogens is 1. The van der Waals surface area contributed by atoms with E-state index in [1.807, 2.05) is 19.1 Å². The van der Waals surface area contributed by atoms with Crippen molar-refractivity contribution in [3.63, 3.8) is 0 Å². The van der Waals surface area contributed by atoms with Crippen LogP contribution in [-0.2, 0) is 0 Å². The number of nitrogens with two attached hydrogens (primary N) is 1. The summed E-state index contributed by atoms with van der Waals surface area (Å²) in [6, 6.07) is 8.05. The Bertz CT molecular complexity index is 1300. The number of halogens is 2. The molecule has 2 fully saturated rings. The van der Waals surface area contributed by atoms with Gasteiger partial charge in [-0.25, -0.2) is 8.78 Å². The third kappa shape index (κ3) is 3.67. The molecule has 0 atom stereocenters. The minimum atomic E-state index is -0.856. The molecule has 3 N–H and O–H groups in total. The number of nitrogen functional groups attached to an aromatic ring is 1. The van der Waals surface area contributed by atoms with Crippen LogP contribution in [0.15, 0.2) is 30.3 Å². The molecule has 0 unspecified atom stereocenters. The van der Waals surface area contributed by atoms with Crippen molar-refractivity contribution in [2.75, 3.05) is 5.73 Å². The Labute approximate surface area is 204 Å². The summed E-state index contributed by atoms with van der Waals surface area (Å²) in [4.78, 5) is 1.04. The van der Waals surface area contributed by atoms with Gasteiger partial charge in [0.25, 0.3) is 0 Å². The zero-order valence-electron chi connectivity index (χ0n) is 19.8. The minimum absolute atomic E-state index is 0.0423. The van der Waals surface area contributed by atoms with E-state index in [4.69, 9.17) is 23.4 Å². The highest BCUT2D eigenvalue weighted by molar-refractivity contribution is 7.80. The second-order valence-corrected chi connectivity index (χ2v) is 11.0. The van der Waals surface area contributed by atoms with Gasteiger partial charge in [-0.05, 0) is 84.6 Å². The van der Waals surface area contributed by atoms with Crippen LogP contribution in [0, 0.1) is 22.5 Å². The fourth-order valence-electron chi connectivity index (χ4n) is 6.16. The molecule has 0 bridgehead atoms. The molecule has 1 heterocycles. The third-order valence-corrected chi connectivity index (χ3v) is 8.70. The lowest BCUT2D eigenvalue weighted by molar-refractivity contribution is 0.216. The van der Waals surface area contributed by atoms with Crippen LogP contribution in [0.3, 0.4) is 0 Å². The van der Waals surface area contributed by atoms with E-state index >= 15 is 0 Å². The predicted octanol–water partition coefficient (Wildman–Crippen LogP) is 7.81. The van der Waals surface area contributed by atoms with Crippen molar-refractivity contribution in [1.29, 1.82) is 5.41 Å². The molecular formula is C28H31F2N3S. The van der Waals surface area contributed by atoms with Gasteiger partial charge in [0.15, 0.2) is 11.6 Å². The molecule has 0 spiro atoms. The summed E-state index contributed by atoms with van der Waals surface area (Å²) in [6.07, 6.45) is 8.93. The van der Waals surface area contributed by atoms with Crippen LogP contribution in [0.4, 0.5) is 14.5 Å². The van der Waals surface area contributed by atoms with Gasteiger partial charge >= 0.3 is 0 Å². The monoisotopic (exact) mass is 479 g/mol. The summed E-state index contributed by atoms with van der Waals surface area (Å²) in [7, 11) is 0. The zero-order chi connectivity index (χ0) is 24.2. The summed E-state index contributed by atoms with van der Waals surface area (Å²) >= 11 is 5.57. The van der Waals surface area contributed by atoms with Crippen molar-refractivity contribution >= 4 is 39.9 Å². The van der Waals surface area contributed by atoms with Gasteiger partial charge in [-0.1, -0.05) is 38.4 Å². The van der Waals surface area contributed by atoms with Crippen LogP contribution >= 0.6 is 12.2 Å². The van der Waals surface area contributed by atoms with Gasteiger partial charge in [0.05, 0.1) is 5.52 Å². The Kier molecular flexibility index (Phi) is 5.83. The summed E-state index contributed by atoms with van der Waals surface area (Å²) in [5.74, 6) is -1.03. The van der Waals surface area contributed by atoms with Gasteiger partial charge in [0.1, 0.15) is 0 Å². The number of hydrogen-bond donors (Lipinski definition) is 2. The highest BCUT2D eigenvalue weighted by Crippen LogP contribution is 2.56. The molecule has 0 aliphatic heterocycles. The molecule has 2 aromatic carbocycles. The molecule has 2 saturated carbocycles. The van der Waals surface area contributed by atoms with Crippen LogP contribution in [0.2, 0.25) is 0 Å². The molecule has 2 aliphatic rings. The van der Waals surface area contributed by atoms with Crippen molar-refractivity contribution < 1.29 is 8.78 Å². The lowest BCUT2D eigenvalue weighted by atomic mass is 9.59. The Morgan fingerprint density at radius 2 is 1.79 bits per heavy atom. The van der Waals surface area contributed by atoms with Crippen LogP contribution in [0.5, 0.6) is 0 Å². The van der Waals surface area contributed by atoms with Gasteiger partial charge < -0.3 is 15.7 Å². The predicted molar refractivity (Wildman–Crippen MR) is 140 cm³/mol.